The van der Waals surface area contributed by atoms with E-state index in [9.17, 15) is 19.4 Å². The summed E-state index contributed by atoms with van der Waals surface area (Å²) in [5.41, 5.74) is 0. The lowest BCUT2D eigenvalue weighted by atomic mass is 10.0. The van der Waals surface area contributed by atoms with E-state index >= 15 is 0 Å². The Hall–Kier alpha value is -2.32. The zero-order chi connectivity index (χ0) is 50.6. The number of likely N-dealkylation sites (N-methyl/N-ethyl adjacent to an activating group) is 1. The summed E-state index contributed by atoms with van der Waals surface area (Å²) >= 11 is 0. The zero-order valence-electron chi connectivity index (χ0n) is 45.5. The molecule has 0 spiro atoms. The minimum Gasteiger partial charge on any atom is -0.387 e. The first kappa shape index (κ1) is 66.7. The molecule has 3 N–H and O–H groups in total. The number of quaternary nitrogens is 1. The average molecular weight is 987 g/mol. The Bertz CT molecular complexity index is 1400. The molecule has 0 aliphatic heterocycles. The summed E-state index contributed by atoms with van der Waals surface area (Å²) in [4.78, 5) is 23.2. The van der Waals surface area contributed by atoms with E-state index in [-0.39, 0.29) is 19.1 Å². The normalized spacial score (nSPS) is 14.6. The van der Waals surface area contributed by atoms with E-state index in [1.807, 2.05) is 27.2 Å². The van der Waals surface area contributed by atoms with Crippen LogP contribution in [0.25, 0.3) is 0 Å². The fraction of sp³-hybridized carbons (Fsp3) is 0.750. The summed E-state index contributed by atoms with van der Waals surface area (Å²) in [6.45, 7) is 4.55. The highest BCUT2D eigenvalue weighted by Gasteiger charge is 2.27. The number of nitrogens with one attached hydrogen (secondary N) is 1. The van der Waals surface area contributed by atoms with Crippen LogP contribution >= 0.6 is 7.82 Å². The molecule has 0 heterocycles. The second kappa shape index (κ2) is 50.6. The number of phosphoric ester groups is 1. The number of carbonyl (C=O) groups is 1. The van der Waals surface area contributed by atoms with Crippen molar-refractivity contribution in [3.05, 3.63) is 85.1 Å². The van der Waals surface area contributed by atoms with Crippen LogP contribution in [0.1, 0.15) is 239 Å². The minimum atomic E-state index is -4.35. The number of nitrogens with zero attached hydrogens (tertiary/aromatic N) is 1. The molecule has 0 aromatic rings. The highest BCUT2D eigenvalue weighted by atomic mass is 31.2. The number of hydrogen-bond acceptors (Lipinski definition) is 5. The van der Waals surface area contributed by atoms with Gasteiger partial charge in [-0.25, -0.2) is 4.57 Å². The number of phosphoric acid groups is 1. The molecule has 0 bridgehead atoms. The Balaban J connectivity index is 3.89. The summed E-state index contributed by atoms with van der Waals surface area (Å²) in [6, 6.07) is -0.869. The van der Waals surface area contributed by atoms with Crippen LogP contribution in [-0.2, 0) is 18.4 Å². The first-order valence-electron chi connectivity index (χ1n) is 28.5. The molecule has 400 valence electrons. The van der Waals surface area contributed by atoms with Crippen LogP contribution in [-0.4, -0.2) is 73.4 Å². The second-order valence-corrected chi connectivity index (χ2v) is 21.7. The molecule has 0 fully saturated rings. The Morgan fingerprint density at radius 1 is 0.493 bits per heavy atom. The Morgan fingerprint density at radius 3 is 1.28 bits per heavy atom. The van der Waals surface area contributed by atoms with Crippen molar-refractivity contribution in [2.45, 2.75) is 251 Å². The topological polar surface area (TPSA) is 105 Å². The van der Waals surface area contributed by atoms with Crippen molar-refractivity contribution in [1.29, 1.82) is 0 Å². The van der Waals surface area contributed by atoms with E-state index in [1.165, 1.54) is 141 Å². The Kier molecular flexibility index (Phi) is 48.9. The maximum Gasteiger partial charge on any atom is 0.472 e. The number of carbonyl (C=O) groups excluding carboxylic acids is 1. The number of amides is 1. The fourth-order valence-electron chi connectivity index (χ4n) is 7.96. The summed E-state index contributed by atoms with van der Waals surface area (Å²) in [5, 5.41) is 13.8. The summed E-state index contributed by atoms with van der Waals surface area (Å²) < 4.78 is 23.6. The predicted molar refractivity (Wildman–Crippen MR) is 299 cm³/mol. The molecule has 9 heteroatoms. The highest BCUT2D eigenvalue weighted by molar-refractivity contribution is 7.47. The molecule has 3 unspecified atom stereocenters. The molecule has 8 nitrogen and oxygen atoms in total. The first-order chi connectivity index (χ1) is 33.5. The molecule has 3 atom stereocenters. The molecule has 69 heavy (non-hydrogen) atoms. The van der Waals surface area contributed by atoms with Crippen molar-refractivity contribution >= 4 is 13.7 Å². The second-order valence-electron chi connectivity index (χ2n) is 20.2. The predicted octanol–water partition coefficient (Wildman–Crippen LogP) is 17.3. The van der Waals surface area contributed by atoms with Gasteiger partial charge >= 0.3 is 7.82 Å². The fourth-order valence-corrected chi connectivity index (χ4v) is 8.69. The summed E-state index contributed by atoms with van der Waals surface area (Å²) in [5.74, 6) is -0.193. The van der Waals surface area contributed by atoms with Crippen molar-refractivity contribution in [2.75, 3.05) is 40.9 Å². The van der Waals surface area contributed by atoms with Crippen molar-refractivity contribution in [2.24, 2.45) is 0 Å². The molecule has 0 saturated heterocycles. The van der Waals surface area contributed by atoms with Gasteiger partial charge in [0.25, 0.3) is 0 Å². The third-order valence-electron chi connectivity index (χ3n) is 12.3. The SMILES string of the molecule is CC/C=C\C/C=C\C/C=C\C/C=C\CCCCCCCCCCCCCCCCCCCCCCCCCCC(=O)NC(COP(=O)(O)OCC[N+](C)(C)C)C(O)/C=C/CC/C=C/CC/C=C/CC. The number of rotatable bonds is 51. The third-order valence-corrected chi connectivity index (χ3v) is 13.3. The van der Waals surface area contributed by atoms with Crippen LogP contribution in [0.2, 0.25) is 0 Å². The van der Waals surface area contributed by atoms with Gasteiger partial charge in [0, 0.05) is 6.42 Å². The number of aliphatic hydroxyl groups is 1. The summed E-state index contributed by atoms with van der Waals surface area (Å²) in [6.07, 6.45) is 71.6. The van der Waals surface area contributed by atoms with E-state index in [2.05, 4.69) is 92.1 Å². The van der Waals surface area contributed by atoms with Crippen molar-refractivity contribution in [3.63, 3.8) is 0 Å². The molecular weight excluding hydrogens is 876 g/mol. The van der Waals surface area contributed by atoms with Gasteiger partial charge in [0.1, 0.15) is 13.2 Å². The zero-order valence-corrected chi connectivity index (χ0v) is 46.4. The molecule has 1 amide bonds. The van der Waals surface area contributed by atoms with Crippen LogP contribution in [0.5, 0.6) is 0 Å². The highest BCUT2D eigenvalue weighted by Crippen LogP contribution is 2.43. The lowest BCUT2D eigenvalue weighted by molar-refractivity contribution is -0.870. The van der Waals surface area contributed by atoms with Gasteiger partial charge in [0.05, 0.1) is 39.9 Å². The molecule has 0 aromatic heterocycles. The molecule has 0 aliphatic rings. The van der Waals surface area contributed by atoms with Crippen LogP contribution in [0.3, 0.4) is 0 Å². The molecule has 0 saturated carbocycles. The largest absolute Gasteiger partial charge is 0.472 e. The smallest absolute Gasteiger partial charge is 0.387 e. The van der Waals surface area contributed by atoms with Gasteiger partial charge < -0.3 is 19.8 Å². The average Bonchev–Trinajstić information content (AvgIpc) is 3.31. The van der Waals surface area contributed by atoms with Crippen molar-refractivity contribution < 1.29 is 32.9 Å². The molecular formula is C60H110N2O6P+. The van der Waals surface area contributed by atoms with E-state index in [0.717, 1.165) is 77.0 Å². The van der Waals surface area contributed by atoms with E-state index in [0.29, 0.717) is 17.4 Å². The Morgan fingerprint density at radius 2 is 0.841 bits per heavy atom. The van der Waals surface area contributed by atoms with E-state index in [1.54, 1.807) is 6.08 Å². The van der Waals surface area contributed by atoms with Crippen LogP contribution in [0, 0.1) is 0 Å². The van der Waals surface area contributed by atoms with Gasteiger partial charge in [-0.05, 0) is 77.0 Å². The van der Waals surface area contributed by atoms with Gasteiger partial charge in [-0.15, -0.1) is 0 Å². The number of hydrogen-bond donors (Lipinski definition) is 3. The lowest BCUT2D eigenvalue weighted by Crippen LogP contribution is -2.45. The quantitative estimate of drug-likeness (QED) is 0.0243. The minimum absolute atomic E-state index is 0.0519. The van der Waals surface area contributed by atoms with Gasteiger partial charge in [-0.3, -0.25) is 13.8 Å². The van der Waals surface area contributed by atoms with Crippen LogP contribution in [0.4, 0.5) is 0 Å². The number of allylic oxidation sites excluding steroid dienone is 13. The number of unbranched alkanes of at least 4 members (excludes halogenated alkanes) is 26. The van der Waals surface area contributed by atoms with Crippen molar-refractivity contribution in [1.82, 2.24) is 5.32 Å². The van der Waals surface area contributed by atoms with Gasteiger partial charge in [-0.1, -0.05) is 240 Å². The molecule has 0 radical (unpaired) electrons. The third kappa shape index (κ3) is 53.3. The maximum atomic E-state index is 12.9. The number of aliphatic hydroxyl groups excluding tert-OH is 1. The van der Waals surface area contributed by atoms with Gasteiger partial charge in [0.2, 0.25) is 5.91 Å². The first-order valence-corrected chi connectivity index (χ1v) is 30.0. The van der Waals surface area contributed by atoms with Gasteiger partial charge in [-0.2, -0.15) is 0 Å². The molecule has 0 rings (SSSR count). The van der Waals surface area contributed by atoms with Crippen molar-refractivity contribution in [3.8, 4) is 0 Å². The monoisotopic (exact) mass is 986 g/mol. The molecule has 0 aliphatic carbocycles. The van der Waals surface area contributed by atoms with E-state index < -0.39 is 20.0 Å². The van der Waals surface area contributed by atoms with Crippen LogP contribution < -0.4 is 5.32 Å². The maximum absolute atomic E-state index is 12.9. The summed E-state index contributed by atoms with van der Waals surface area (Å²) in [7, 11) is 1.54. The standard InChI is InChI=1S/C60H109N2O6P/c1-6-8-10-12-14-16-18-19-20-21-22-23-24-25-26-27-28-29-30-31-32-33-34-35-36-37-38-39-40-41-42-43-44-46-48-50-52-54-60(64)61-58(57-68-69(65,66)67-56-55-62(3,4)5)59(63)53-51-49-47-45-17-15-13-11-9-7-2/h8-11,14,16-17,19-20,22-23,45,51,53,58-59,63H,6-7,12-13,15,18,21,24-44,46-50,52,54-57H2,1-5H3,(H-,61,64,65,66)/p+1/b10-8-,11-9+,16-14-,20-19-,23-22-,45-17+,53-51+. The molecule has 0 aromatic carbocycles. The van der Waals surface area contributed by atoms with Crippen LogP contribution in [0.15, 0.2) is 85.1 Å². The Labute approximate surface area is 426 Å². The lowest BCUT2D eigenvalue weighted by Gasteiger charge is -2.25. The van der Waals surface area contributed by atoms with E-state index in [4.69, 9.17) is 9.05 Å². The van der Waals surface area contributed by atoms with Gasteiger partial charge in [0.15, 0.2) is 0 Å².